The number of hydrogen-bond donors (Lipinski definition) is 0. The van der Waals surface area contributed by atoms with Crippen LogP contribution >= 0.6 is 0 Å². The van der Waals surface area contributed by atoms with E-state index in [1.54, 1.807) is 0 Å². The summed E-state index contributed by atoms with van der Waals surface area (Å²) in [4.78, 5) is 12.4. The van der Waals surface area contributed by atoms with Gasteiger partial charge in [-0.25, -0.2) is 0 Å². The first-order chi connectivity index (χ1) is 7.39. The zero-order valence-corrected chi connectivity index (χ0v) is 10.5. The molecule has 1 spiro atoms. The summed E-state index contributed by atoms with van der Waals surface area (Å²) in [7, 11) is 0. The van der Waals surface area contributed by atoms with Crippen molar-refractivity contribution >= 4 is 5.78 Å². The third-order valence-corrected chi connectivity index (χ3v) is 6.87. The summed E-state index contributed by atoms with van der Waals surface area (Å²) in [6.45, 7) is 11.3. The van der Waals surface area contributed by atoms with Gasteiger partial charge >= 0.3 is 0 Å². The van der Waals surface area contributed by atoms with Gasteiger partial charge in [0, 0.05) is 17.3 Å². The summed E-state index contributed by atoms with van der Waals surface area (Å²) in [5.41, 5.74) is 2.05. The van der Waals surface area contributed by atoms with Crippen LogP contribution in [0.3, 0.4) is 0 Å². The van der Waals surface area contributed by atoms with Crippen molar-refractivity contribution in [3.63, 3.8) is 0 Å². The number of carbonyl (C=O) groups excluding carboxylic acids is 1. The number of fused-ring (bicyclic) bond motifs is 2. The lowest BCUT2D eigenvalue weighted by molar-refractivity contribution is -0.127. The van der Waals surface area contributed by atoms with E-state index in [1.165, 1.54) is 18.4 Å². The largest absolute Gasteiger partial charge is 0.299 e. The van der Waals surface area contributed by atoms with Crippen molar-refractivity contribution in [1.82, 2.24) is 0 Å². The molecular weight excluding hydrogens is 196 g/mol. The molecule has 4 rings (SSSR count). The zero-order valence-electron chi connectivity index (χ0n) is 10.5. The van der Waals surface area contributed by atoms with E-state index in [1.807, 2.05) is 0 Å². The number of allylic oxidation sites excluding steroid dienone is 1. The number of ketones is 1. The average molecular weight is 216 g/mol. The van der Waals surface area contributed by atoms with Gasteiger partial charge in [-0.3, -0.25) is 4.79 Å². The molecule has 0 N–H and O–H groups in total. The molecule has 0 bridgehead atoms. The smallest absolute Gasteiger partial charge is 0.140 e. The molecule has 4 saturated carbocycles. The number of Topliss-reactive ketones (excluding diaryl/α,β-unsaturated/α-hetero) is 1. The second kappa shape index (κ2) is 2.07. The molecule has 0 amide bonds. The van der Waals surface area contributed by atoms with Crippen molar-refractivity contribution < 1.29 is 4.79 Å². The van der Waals surface area contributed by atoms with Crippen molar-refractivity contribution in [2.45, 2.75) is 40.0 Å². The minimum absolute atomic E-state index is 0.00271. The SMILES string of the molecule is C=C1CC[C@@H]2[C@@]13[C@@H]1[C@H](CC(=O)[C@@]23C)C1(C)C. The van der Waals surface area contributed by atoms with Gasteiger partial charge in [-0.05, 0) is 36.0 Å². The normalized spacial score (nSPS) is 60.1. The molecule has 1 nitrogen and oxygen atoms in total. The maximum absolute atomic E-state index is 12.4. The molecule has 1 heteroatoms. The standard InChI is InChI=1S/C15H20O/c1-8-5-6-10-14(4)11(16)7-9-12(13(9,2)3)15(8,10)14/h9-10,12H,1,5-7H2,2-4H3/t9-,10-,12+,14+,15+/m0/s1. The topological polar surface area (TPSA) is 17.1 Å². The highest BCUT2D eigenvalue weighted by atomic mass is 16.1. The minimum Gasteiger partial charge on any atom is -0.299 e. The highest BCUT2D eigenvalue weighted by Gasteiger charge is 2.90. The fourth-order valence-electron chi connectivity index (χ4n) is 6.02. The Morgan fingerprint density at radius 2 is 2.00 bits per heavy atom. The van der Waals surface area contributed by atoms with E-state index in [-0.39, 0.29) is 10.8 Å². The van der Waals surface area contributed by atoms with E-state index in [9.17, 15) is 4.79 Å². The van der Waals surface area contributed by atoms with Crippen molar-refractivity contribution in [2.75, 3.05) is 0 Å². The molecule has 0 saturated heterocycles. The van der Waals surface area contributed by atoms with E-state index in [0.29, 0.717) is 23.0 Å². The fraction of sp³-hybridized carbons (Fsp3) is 0.800. The van der Waals surface area contributed by atoms with Gasteiger partial charge in [-0.15, -0.1) is 0 Å². The van der Waals surface area contributed by atoms with Crippen LogP contribution in [-0.2, 0) is 4.79 Å². The molecule has 4 aliphatic carbocycles. The summed E-state index contributed by atoms with van der Waals surface area (Å²) >= 11 is 0. The maximum Gasteiger partial charge on any atom is 0.140 e. The molecule has 5 atom stereocenters. The Morgan fingerprint density at radius 1 is 1.31 bits per heavy atom. The van der Waals surface area contributed by atoms with E-state index < -0.39 is 0 Å². The molecule has 4 fully saturated rings. The van der Waals surface area contributed by atoms with Crippen molar-refractivity contribution in [1.29, 1.82) is 0 Å². The molecule has 86 valence electrons. The lowest BCUT2D eigenvalue weighted by atomic mass is 9.74. The predicted molar refractivity (Wildman–Crippen MR) is 62.8 cm³/mol. The first kappa shape index (κ1) is 9.44. The van der Waals surface area contributed by atoms with Crippen LogP contribution in [0.2, 0.25) is 0 Å². The first-order valence-corrected chi connectivity index (χ1v) is 6.61. The van der Waals surface area contributed by atoms with Crippen molar-refractivity contribution in [3.8, 4) is 0 Å². The van der Waals surface area contributed by atoms with Gasteiger partial charge in [0.15, 0.2) is 0 Å². The van der Waals surface area contributed by atoms with Crippen LogP contribution in [0.4, 0.5) is 0 Å². The molecule has 4 aliphatic rings. The molecule has 16 heavy (non-hydrogen) atoms. The summed E-state index contributed by atoms with van der Waals surface area (Å²) in [6.07, 6.45) is 3.24. The number of carbonyl (C=O) groups is 1. The first-order valence-electron chi connectivity index (χ1n) is 6.61. The van der Waals surface area contributed by atoms with Gasteiger partial charge in [0.2, 0.25) is 0 Å². The second-order valence-corrected chi connectivity index (χ2v) is 7.30. The predicted octanol–water partition coefficient (Wildman–Crippen LogP) is 3.20. The van der Waals surface area contributed by atoms with Crippen molar-refractivity contribution in [3.05, 3.63) is 12.2 Å². The number of rotatable bonds is 0. The van der Waals surface area contributed by atoms with Gasteiger partial charge in [-0.2, -0.15) is 0 Å². The average Bonchev–Trinajstić information content (AvgIpc) is 2.86. The third kappa shape index (κ3) is 0.585. The summed E-state index contributed by atoms with van der Waals surface area (Å²) < 4.78 is 0. The van der Waals surface area contributed by atoms with Crippen LogP contribution < -0.4 is 0 Å². The van der Waals surface area contributed by atoms with Crippen LogP contribution in [-0.4, -0.2) is 5.78 Å². The summed E-state index contributed by atoms with van der Waals surface area (Å²) in [5, 5.41) is 0. The Kier molecular flexibility index (Phi) is 1.22. The van der Waals surface area contributed by atoms with Gasteiger partial charge in [0.25, 0.3) is 0 Å². The highest BCUT2D eigenvalue weighted by Crippen LogP contribution is 2.92. The summed E-state index contributed by atoms with van der Waals surface area (Å²) in [5.74, 6) is 2.62. The quantitative estimate of drug-likeness (QED) is 0.568. The maximum atomic E-state index is 12.4. The third-order valence-electron chi connectivity index (χ3n) is 6.87. The Bertz CT molecular complexity index is 444. The van der Waals surface area contributed by atoms with Gasteiger partial charge in [0.1, 0.15) is 5.78 Å². The Labute approximate surface area is 97.3 Å². The van der Waals surface area contributed by atoms with Crippen LogP contribution in [0.25, 0.3) is 0 Å². The molecule has 0 unspecified atom stereocenters. The van der Waals surface area contributed by atoms with Crippen LogP contribution in [0.5, 0.6) is 0 Å². The molecule has 0 aliphatic heterocycles. The fourth-order valence-corrected chi connectivity index (χ4v) is 6.02. The lowest BCUT2D eigenvalue weighted by Crippen LogP contribution is -2.29. The van der Waals surface area contributed by atoms with E-state index in [4.69, 9.17) is 0 Å². The summed E-state index contributed by atoms with van der Waals surface area (Å²) in [6, 6.07) is 0. The molecule has 0 radical (unpaired) electrons. The van der Waals surface area contributed by atoms with E-state index in [0.717, 1.165) is 12.3 Å². The lowest BCUT2D eigenvalue weighted by Gasteiger charge is -2.28. The molecule has 0 aromatic carbocycles. The Morgan fingerprint density at radius 3 is 2.69 bits per heavy atom. The minimum atomic E-state index is -0.00271. The van der Waals surface area contributed by atoms with Crippen LogP contribution in [0, 0.1) is 34.0 Å². The molecule has 0 heterocycles. The van der Waals surface area contributed by atoms with E-state index in [2.05, 4.69) is 27.4 Å². The van der Waals surface area contributed by atoms with Crippen molar-refractivity contribution in [2.24, 2.45) is 34.0 Å². The Balaban J connectivity index is 1.91. The monoisotopic (exact) mass is 216 g/mol. The molecular formula is C15H20O. The zero-order chi connectivity index (χ0) is 11.5. The molecule has 0 aromatic heterocycles. The van der Waals surface area contributed by atoms with Gasteiger partial charge in [0.05, 0.1) is 0 Å². The van der Waals surface area contributed by atoms with E-state index >= 15 is 0 Å². The van der Waals surface area contributed by atoms with Gasteiger partial charge in [-0.1, -0.05) is 32.9 Å². The van der Waals surface area contributed by atoms with Crippen LogP contribution in [0.15, 0.2) is 12.2 Å². The Hall–Kier alpha value is -0.590. The molecule has 0 aromatic rings. The second-order valence-electron chi connectivity index (χ2n) is 7.30. The highest BCUT2D eigenvalue weighted by molar-refractivity contribution is 5.94. The van der Waals surface area contributed by atoms with Crippen LogP contribution in [0.1, 0.15) is 40.0 Å². The number of hydrogen-bond acceptors (Lipinski definition) is 1. The van der Waals surface area contributed by atoms with Gasteiger partial charge < -0.3 is 0 Å².